The Bertz CT molecular complexity index is 714. The number of rotatable bonds is 3. The van der Waals surface area contributed by atoms with Crippen LogP contribution in [0.1, 0.15) is 23.1 Å². The smallest absolute Gasteiger partial charge is 0.152 e. The zero-order valence-corrected chi connectivity index (χ0v) is 11.5. The largest absolute Gasteiger partial charge is 0.469 e. The highest BCUT2D eigenvalue weighted by Crippen LogP contribution is 2.32. The van der Waals surface area contributed by atoms with Gasteiger partial charge in [0.05, 0.1) is 17.3 Å². The average Bonchev–Trinajstić information content (AvgIpc) is 2.98. The van der Waals surface area contributed by atoms with Crippen LogP contribution in [0.4, 0.5) is 0 Å². The first-order chi connectivity index (χ1) is 9.19. The monoisotopic (exact) mass is 275 g/mol. The van der Waals surface area contributed by atoms with E-state index in [0.717, 1.165) is 28.1 Å². The summed E-state index contributed by atoms with van der Waals surface area (Å²) in [6.45, 7) is 1.92. The molecule has 1 atom stereocenters. The van der Waals surface area contributed by atoms with E-state index in [2.05, 4.69) is 5.32 Å². The van der Waals surface area contributed by atoms with E-state index in [1.54, 1.807) is 6.26 Å². The number of halogens is 1. The molecule has 0 aliphatic carbocycles. The van der Waals surface area contributed by atoms with Crippen molar-refractivity contribution in [1.82, 2.24) is 5.32 Å². The van der Waals surface area contributed by atoms with Gasteiger partial charge in [-0.2, -0.15) is 0 Å². The van der Waals surface area contributed by atoms with E-state index in [9.17, 15) is 0 Å². The molecule has 0 aliphatic heterocycles. The molecular weight excluding hydrogens is 262 g/mol. The van der Waals surface area contributed by atoms with Crippen molar-refractivity contribution in [2.24, 2.45) is 0 Å². The summed E-state index contributed by atoms with van der Waals surface area (Å²) in [4.78, 5) is 0. The Kier molecular flexibility index (Phi) is 3.09. The van der Waals surface area contributed by atoms with Gasteiger partial charge < -0.3 is 14.2 Å². The van der Waals surface area contributed by atoms with E-state index in [1.807, 2.05) is 44.3 Å². The number of furan rings is 2. The third-order valence-electron chi connectivity index (χ3n) is 3.17. The van der Waals surface area contributed by atoms with Gasteiger partial charge in [0.15, 0.2) is 5.58 Å². The number of hydrogen-bond acceptors (Lipinski definition) is 3. The van der Waals surface area contributed by atoms with Crippen molar-refractivity contribution in [1.29, 1.82) is 0 Å². The van der Waals surface area contributed by atoms with Gasteiger partial charge in [0.2, 0.25) is 0 Å². The van der Waals surface area contributed by atoms with Gasteiger partial charge in [0.25, 0.3) is 0 Å². The molecule has 0 fully saturated rings. The lowest BCUT2D eigenvalue weighted by atomic mass is 10.1. The van der Waals surface area contributed by atoms with Gasteiger partial charge in [-0.15, -0.1) is 0 Å². The van der Waals surface area contributed by atoms with Crippen LogP contribution in [0.25, 0.3) is 11.0 Å². The van der Waals surface area contributed by atoms with Crippen molar-refractivity contribution in [3.05, 3.63) is 58.7 Å². The fourth-order valence-corrected chi connectivity index (χ4v) is 2.50. The Morgan fingerprint density at radius 3 is 2.74 bits per heavy atom. The van der Waals surface area contributed by atoms with Crippen LogP contribution >= 0.6 is 11.6 Å². The molecule has 2 heterocycles. The highest BCUT2D eigenvalue weighted by Gasteiger charge is 2.19. The molecule has 3 rings (SSSR count). The molecule has 0 aliphatic rings. The second-order valence-corrected chi connectivity index (χ2v) is 4.93. The lowest BCUT2D eigenvalue weighted by Gasteiger charge is -2.10. The van der Waals surface area contributed by atoms with Gasteiger partial charge >= 0.3 is 0 Å². The predicted molar refractivity (Wildman–Crippen MR) is 75.6 cm³/mol. The summed E-state index contributed by atoms with van der Waals surface area (Å²) in [5.74, 6) is 1.70. The zero-order valence-electron chi connectivity index (χ0n) is 10.7. The Morgan fingerprint density at radius 1 is 1.26 bits per heavy atom. The molecule has 3 nitrogen and oxygen atoms in total. The van der Waals surface area contributed by atoms with E-state index < -0.39 is 0 Å². The molecule has 1 unspecified atom stereocenters. The Hall–Kier alpha value is -1.71. The second kappa shape index (κ2) is 4.76. The van der Waals surface area contributed by atoms with E-state index in [4.69, 9.17) is 20.4 Å². The first-order valence-corrected chi connectivity index (χ1v) is 6.47. The minimum Gasteiger partial charge on any atom is -0.469 e. The number of para-hydroxylation sites is 1. The van der Waals surface area contributed by atoms with E-state index in [0.29, 0.717) is 5.02 Å². The maximum absolute atomic E-state index is 6.14. The number of aryl methyl sites for hydroxylation is 1. The highest BCUT2D eigenvalue weighted by atomic mass is 35.5. The predicted octanol–water partition coefficient (Wildman–Crippen LogP) is 4.30. The normalized spacial score (nSPS) is 13.0. The molecule has 0 saturated carbocycles. The molecule has 0 radical (unpaired) electrons. The van der Waals surface area contributed by atoms with Crippen LogP contribution in [-0.4, -0.2) is 7.05 Å². The maximum Gasteiger partial charge on any atom is 0.152 e. The first kappa shape index (κ1) is 12.3. The minimum atomic E-state index is -0.0408. The standard InChI is InChI=1S/C15H14ClNO2/c1-9-6-11(8-18-9)14(17-2)13-7-10-4-3-5-12(16)15(10)19-13/h3-8,14,17H,1-2H3. The highest BCUT2D eigenvalue weighted by molar-refractivity contribution is 6.34. The van der Waals surface area contributed by atoms with Crippen molar-refractivity contribution in [3.8, 4) is 0 Å². The minimum absolute atomic E-state index is 0.0408. The first-order valence-electron chi connectivity index (χ1n) is 6.09. The maximum atomic E-state index is 6.14. The molecule has 0 spiro atoms. The van der Waals surface area contributed by atoms with Crippen LogP contribution in [0, 0.1) is 6.92 Å². The van der Waals surface area contributed by atoms with Crippen LogP contribution in [0.5, 0.6) is 0 Å². The fraction of sp³-hybridized carbons (Fsp3) is 0.200. The summed E-state index contributed by atoms with van der Waals surface area (Å²) >= 11 is 6.14. The lowest BCUT2D eigenvalue weighted by Crippen LogP contribution is -2.16. The molecule has 19 heavy (non-hydrogen) atoms. The second-order valence-electron chi connectivity index (χ2n) is 4.52. The van der Waals surface area contributed by atoms with Crippen molar-refractivity contribution in [2.75, 3.05) is 7.05 Å². The summed E-state index contributed by atoms with van der Waals surface area (Å²) in [6.07, 6.45) is 1.74. The van der Waals surface area contributed by atoms with Gasteiger partial charge in [-0.1, -0.05) is 23.7 Å². The summed E-state index contributed by atoms with van der Waals surface area (Å²) in [7, 11) is 1.89. The Labute approximate surface area is 116 Å². The molecular formula is C15H14ClNO2. The summed E-state index contributed by atoms with van der Waals surface area (Å²) in [5, 5.41) is 4.86. The van der Waals surface area contributed by atoms with Crippen LogP contribution in [0.3, 0.4) is 0 Å². The molecule has 98 valence electrons. The Balaban J connectivity index is 2.09. The fourth-order valence-electron chi connectivity index (χ4n) is 2.28. The van der Waals surface area contributed by atoms with E-state index in [1.165, 1.54) is 0 Å². The van der Waals surface area contributed by atoms with E-state index in [-0.39, 0.29) is 6.04 Å². The van der Waals surface area contributed by atoms with Gasteiger partial charge in [0.1, 0.15) is 11.5 Å². The molecule has 0 amide bonds. The molecule has 1 aromatic carbocycles. The quantitative estimate of drug-likeness (QED) is 0.775. The zero-order chi connectivity index (χ0) is 13.4. The molecule has 2 aromatic heterocycles. The van der Waals surface area contributed by atoms with E-state index >= 15 is 0 Å². The van der Waals surface area contributed by atoms with Crippen LogP contribution in [0.2, 0.25) is 5.02 Å². The molecule has 0 bridgehead atoms. The SMILES string of the molecule is CNC(c1coc(C)c1)c1cc2cccc(Cl)c2o1. The molecule has 4 heteroatoms. The van der Waals surface area contributed by atoms with Crippen molar-refractivity contribution < 1.29 is 8.83 Å². The van der Waals surface area contributed by atoms with Gasteiger partial charge in [-0.25, -0.2) is 0 Å². The lowest BCUT2D eigenvalue weighted by molar-refractivity contribution is 0.483. The average molecular weight is 276 g/mol. The number of benzene rings is 1. The summed E-state index contributed by atoms with van der Waals surface area (Å²) < 4.78 is 11.2. The number of nitrogens with one attached hydrogen (secondary N) is 1. The third-order valence-corrected chi connectivity index (χ3v) is 3.47. The van der Waals surface area contributed by atoms with Crippen molar-refractivity contribution in [3.63, 3.8) is 0 Å². The van der Waals surface area contributed by atoms with Crippen LogP contribution in [0.15, 0.2) is 45.4 Å². The van der Waals surface area contributed by atoms with Gasteiger partial charge in [0, 0.05) is 10.9 Å². The Morgan fingerprint density at radius 2 is 2.11 bits per heavy atom. The molecule has 1 N–H and O–H groups in total. The van der Waals surface area contributed by atoms with Gasteiger partial charge in [-0.05, 0) is 32.2 Å². The number of hydrogen-bond donors (Lipinski definition) is 1. The topological polar surface area (TPSA) is 38.3 Å². The summed E-state index contributed by atoms with van der Waals surface area (Å²) in [6, 6.07) is 9.69. The third kappa shape index (κ3) is 2.15. The molecule has 0 saturated heterocycles. The van der Waals surface area contributed by atoms with Gasteiger partial charge in [-0.3, -0.25) is 0 Å². The summed E-state index contributed by atoms with van der Waals surface area (Å²) in [5.41, 5.74) is 1.76. The van der Waals surface area contributed by atoms with Crippen molar-refractivity contribution >= 4 is 22.6 Å². The molecule has 3 aromatic rings. The van der Waals surface area contributed by atoms with Crippen LogP contribution in [-0.2, 0) is 0 Å². The number of fused-ring (bicyclic) bond motifs is 1. The van der Waals surface area contributed by atoms with Crippen LogP contribution < -0.4 is 5.32 Å². The van der Waals surface area contributed by atoms with Crippen molar-refractivity contribution in [2.45, 2.75) is 13.0 Å².